The Labute approximate surface area is 97.2 Å². The summed E-state index contributed by atoms with van der Waals surface area (Å²) in [4.78, 5) is 11.6. The average Bonchev–Trinajstić information content (AvgIpc) is 2.22. The Hall–Kier alpha value is -1.51. The van der Waals surface area contributed by atoms with E-state index >= 15 is 0 Å². The van der Waals surface area contributed by atoms with Gasteiger partial charge in [0, 0.05) is 12.5 Å². The number of carbonyl (C=O) groups excluding carboxylic acids is 1. The largest absolute Gasteiger partial charge is 0.384 e. The minimum Gasteiger partial charge on any atom is -0.384 e. The molecule has 0 aromatic heterocycles. The van der Waals surface area contributed by atoms with E-state index in [0.717, 1.165) is 17.9 Å². The van der Waals surface area contributed by atoms with Crippen LogP contribution in [0.15, 0.2) is 18.2 Å². The number of hydrogen-bond acceptors (Lipinski definition) is 2. The highest BCUT2D eigenvalue weighted by Crippen LogP contribution is 2.23. The fourth-order valence-corrected chi connectivity index (χ4v) is 1.38. The second kappa shape index (κ2) is 5.54. The van der Waals surface area contributed by atoms with Crippen LogP contribution in [-0.4, -0.2) is 12.5 Å². The lowest BCUT2D eigenvalue weighted by molar-refractivity contribution is -0.118. The van der Waals surface area contributed by atoms with Gasteiger partial charge in [-0.25, -0.2) is 0 Å². The Balaban J connectivity index is 2.90. The molecule has 1 rings (SSSR count). The van der Waals surface area contributed by atoms with E-state index in [4.69, 9.17) is 0 Å². The molecule has 0 unspecified atom stereocenters. The molecule has 0 saturated heterocycles. The Morgan fingerprint density at radius 1 is 1.31 bits per heavy atom. The van der Waals surface area contributed by atoms with Crippen LogP contribution in [0.2, 0.25) is 0 Å². The molecule has 0 saturated carbocycles. The second-order valence-corrected chi connectivity index (χ2v) is 4.22. The topological polar surface area (TPSA) is 41.1 Å². The highest BCUT2D eigenvalue weighted by molar-refractivity contribution is 5.95. The molecule has 3 nitrogen and oxygen atoms in total. The van der Waals surface area contributed by atoms with E-state index in [1.165, 1.54) is 5.56 Å². The van der Waals surface area contributed by atoms with Gasteiger partial charge in [0.25, 0.3) is 0 Å². The van der Waals surface area contributed by atoms with E-state index < -0.39 is 0 Å². The molecule has 2 N–H and O–H groups in total. The average molecular weight is 220 g/mol. The molecule has 0 bridgehead atoms. The Kier molecular flexibility index (Phi) is 4.35. The summed E-state index contributed by atoms with van der Waals surface area (Å²) >= 11 is 0. The minimum atomic E-state index is -0.00391. The standard InChI is InChI=1S/C13H20N2O/c1-5-14-12-8-10(4)6-7-11(12)15-13(16)9(2)3/h6-9,14H,5H2,1-4H3,(H,15,16). The molecule has 0 radical (unpaired) electrons. The zero-order valence-corrected chi connectivity index (χ0v) is 10.4. The van der Waals surface area contributed by atoms with Crippen molar-refractivity contribution in [3.05, 3.63) is 23.8 Å². The summed E-state index contributed by atoms with van der Waals surface area (Å²) in [5.74, 6) is 0.0405. The van der Waals surface area contributed by atoms with Crippen molar-refractivity contribution in [2.45, 2.75) is 27.7 Å². The predicted molar refractivity (Wildman–Crippen MR) is 68.8 cm³/mol. The predicted octanol–water partition coefficient (Wildman–Crippen LogP) is 3.02. The lowest BCUT2D eigenvalue weighted by Gasteiger charge is -2.14. The van der Waals surface area contributed by atoms with E-state index in [9.17, 15) is 4.79 Å². The third-order valence-corrected chi connectivity index (χ3v) is 2.32. The van der Waals surface area contributed by atoms with Crippen molar-refractivity contribution in [3.8, 4) is 0 Å². The fraction of sp³-hybridized carbons (Fsp3) is 0.462. The van der Waals surface area contributed by atoms with Gasteiger partial charge in [0.05, 0.1) is 11.4 Å². The number of carbonyl (C=O) groups is 1. The molecule has 1 aromatic rings. The summed E-state index contributed by atoms with van der Waals surface area (Å²) in [6.45, 7) is 8.69. The Morgan fingerprint density at radius 3 is 2.56 bits per heavy atom. The van der Waals surface area contributed by atoms with Crippen molar-refractivity contribution in [2.75, 3.05) is 17.2 Å². The maximum absolute atomic E-state index is 11.6. The molecule has 16 heavy (non-hydrogen) atoms. The first-order chi connectivity index (χ1) is 7.54. The lowest BCUT2D eigenvalue weighted by atomic mass is 10.1. The summed E-state index contributed by atoms with van der Waals surface area (Å²) in [5, 5.41) is 6.17. The lowest BCUT2D eigenvalue weighted by Crippen LogP contribution is -2.18. The van der Waals surface area contributed by atoms with Crippen molar-refractivity contribution >= 4 is 17.3 Å². The van der Waals surface area contributed by atoms with Crippen LogP contribution >= 0.6 is 0 Å². The molecular weight excluding hydrogens is 200 g/mol. The second-order valence-electron chi connectivity index (χ2n) is 4.22. The summed E-state index contributed by atoms with van der Waals surface area (Å²) in [6.07, 6.45) is 0. The molecule has 3 heteroatoms. The van der Waals surface area contributed by atoms with Crippen LogP contribution in [0.4, 0.5) is 11.4 Å². The first kappa shape index (κ1) is 12.6. The first-order valence-corrected chi connectivity index (χ1v) is 5.70. The van der Waals surface area contributed by atoms with Gasteiger partial charge >= 0.3 is 0 Å². The van der Waals surface area contributed by atoms with Gasteiger partial charge in [0.1, 0.15) is 0 Å². The normalized spacial score (nSPS) is 10.3. The summed E-state index contributed by atoms with van der Waals surface area (Å²) in [5.41, 5.74) is 3.01. The Morgan fingerprint density at radius 2 is 2.00 bits per heavy atom. The van der Waals surface area contributed by atoms with E-state index in [2.05, 4.69) is 10.6 Å². The van der Waals surface area contributed by atoms with Gasteiger partial charge in [-0.3, -0.25) is 4.79 Å². The van der Waals surface area contributed by atoms with Crippen LogP contribution in [-0.2, 0) is 4.79 Å². The van der Waals surface area contributed by atoms with Gasteiger partial charge in [-0.15, -0.1) is 0 Å². The maximum atomic E-state index is 11.6. The van der Waals surface area contributed by atoms with Gasteiger partial charge in [0.2, 0.25) is 5.91 Å². The number of nitrogens with one attached hydrogen (secondary N) is 2. The monoisotopic (exact) mass is 220 g/mol. The zero-order valence-electron chi connectivity index (χ0n) is 10.4. The van der Waals surface area contributed by atoms with Crippen LogP contribution < -0.4 is 10.6 Å². The quantitative estimate of drug-likeness (QED) is 0.819. The molecule has 0 aliphatic heterocycles. The van der Waals surface area contributed by atoms with Crippen molar-refractivity contribution in [2.24, 2.45) is 5.92 Å². The van der Waals surface area contributed by atoms with E-state index in [1.807, 2.05) is 45.9 Å². The van der Waals surface area contributed by atoms with Gasteiger partial charge < -0.3 is 10.6 Å². The Bertz CT molecular complexity index is 372. The summed E-state index contributed by atoms with van der Waals surface area (Å²) < 4.78 is 0. The highest BCUT2D eigenvalue weighted by atomic mass is 16.1. The molecule has 0 fully saturated rings. The molecule has 88 valence electrons. The molecule has 0 spiro atoms. The van der Waals surface area contributed by atoms with E-state index in [1.54, 1.807) is 0 Å². The maximum Gasteiger partial charge on any atom is 0.226 e. The van der Waals surface area contributed by atoms with Crippen LogP contribution in [0, 0.1) is 12.8 Å². The molecule has 1 aromatic carbocycles. The number of amides is 1. The third kappa shape index (κ3) is 3.26. The van der Waals surface area contributed by atoms with Crippen LogP contribution in [0.5, 0.6) is 0 Å². The van der Waals surface area contributed by atoms with Crippen LogP contribution in [0.1, 0.15) is 26.3 Å². The SMILES string of the molecule is CCNc1cc(C)ccc1NC(=O)C(C)C. The third-order valence-electron chi connectivity index (χ3n) is 2.32. The summed E-state index contributed by atoms with van der Waals surface area (Å²) in [6, 6.07) is 5.98. The van der Waals surface area contributed by atoms with Crippen molar-refractivity contribution in [1.82, 2.24) is 0 Å². The molecule has 0 heterocycles. The number of anilines is 2. The number of rotatable bonds is 4. The number of aryl methyl sites for hydroxylation is 1. The van der Waals surface area contributed by atoms with Gasteiger partial charge in [-0.05, 0) is 31.5 Å². The van der Waals surface area contributed by atoms with E-state index in [-0.39, 0.29) is 11.8 Å². The van der Waals surface area contributed by atoms with Gasteiger partial charge in [-0.1, -0.05) is 19.9 Å². The first-order valence-electron chi connectivity index (χ1n) is 5.70. The van der Waals surface area contributed by atoms with Gasteiger partial charge in [-0.2, -0.15) is 0 Å². The summed E-state index contributed by atoms with van der Waals surface area (Å²) in [7, 11) is 0. The van der Waals surface area contributed by atoms with Crippen molar-refractivity contribution in [3.63, 3.8) is 0 Å². The van der Waals surface area contributed by atoms with Crippen molar-refractivity contribution < 1.29 is 4.79 Å². The fourth-order valence-electron chi connectivity index (χ4n) is 1.38. The molecule has 0 atom stereocenters. The van der Waals surface area contributed by atoms with Crippen LogP contribution in [0.25, 0.3) is 0 Å². The van der Waals surface area contributed by atoms with E-state index in [0.29, 0.717) is 0 Å². The highest BCUT2D eigenvalue weighted by Gasteiger charge is 2.09. The molecule has 1 amide bonds. The molecular formula is C13H20N2O. The van der Waals surface area contributed by atoms with Crippen molar-refractivity contribution in [1.29, 1.82) is 0 Å². The molecule has 0 aliphatic carbocycles. The minimum absolute atomic E-state index is 0.00391. The zero-order chi connectivity index (χ0) is 12.1. The van der Waals surface area contributed by atoms with Crippen LogP contribution in [0.3, 0.4) is 0 Å². The smallest absolute Gasteiger partial charge is 0.226 e. The molecule has 0 aliphatic rings. The van der Waals surface area contributed by atoms with Gasteiger partial charge in [0.15, 0.2) is 0 Å². The number of hydrogen-bond donors (Lipinski definition) is 2. The number of benzene rings is 1.